The zero-order chi connectivity index (χ0) is 14.7. The third-order valence-corrected chi connectivity index (χ3v) is 3.25. The van der Waals surface area contributed by atoms with E-state index in [0.717, 1.165) is 11.3 Å². The van der Waals surface area contributed by atoms with E-state index in [0.29, 0.717) is 10.7 Å². The third-order valence-electron chi connectivity index (χ3n) is 3.00. The number of rotatable bonds is 3. The predicted octanol–water partition coefficient (Wildman–Crippen LogP) is 3.07. The molecule has 104 valence electrons. The average Bonchev–Trinajstić information content (AvgIpc) is 2.88. The van der Waals surface area contributed by atoms with Crippen LogP contribution in [0.4, 0.5) is 0 Å². The molecule has 1 N–H and O–H groups in total. The maximum absolute atomic E-state index is 11.8. The Morgan fingerprint density at radius 1 is 1.00 bits per heavy atom. The number of halogens is 1. The molecule has 0 saturated heterocycles. The Balaban J connectivity index is 2.00. The number of hydrogen-bond donors (Lipinski definition) is 1. The highest BCUT2D eigenvalue weighted by Crippen LogP contribution is 2.10. The zero-order valence-electron chi connectivity index (χ0n) is 11.0. The van der Waals surface area contributed by atoms with Gasteiger partial charge < -0.3 is 0 Å². The van der Waals surface area contributed by atoms with Gasteiger partial charge in [-0.05, 0) is 33.7 Å². The van der Waals surface area contributed by atoms with E-state index in [-0.39, 0.29) is 0 Å². The Bertz CT molecular complexity index is 817. The first kappa shape index (κ1) is 13.4. The molecule has 0 aliphatic carbocycles. The fourth-order valence-electron chi connectivity index (χ4n) is 1.94. The molecule has 0 radical (unpaired) electrons. The summed E-state index contributed by atoms with van der Waals surface area (Å²) in [7, 11) is 0. The van der Waals surface area contributed by atoms with E-state index >= 15 is 0 Å². The van der Waals surface area contributed by atoms with Crippen molar-refractivity contribution in [1.82, 2.24) is 5.27 Å². The zero-order valence-corrected chi connectivity index (χ0v) is 11.7. The van der Waals surface area contributed by atoms with Crippen LogP contribution in [0.5, 0.6) is 0 Å². The lowest BCUT2D eigenvalue weighted by Gasteiger charge is -1.92. The van der Waals surface area contributed by atoms with Gasteiger partial charge in [-0.2, -0.15) is 0 Å². The van der Waals surface area contributed by atoms with Crippen molar-refractivity contribution in [3.63, 3.8) is 0 Å². The van der Waals surface area contributed by atoms with Crippen LogP contribution >= 0.6 is 11.6 Å². The largest absolute Gasteiger partial charge is 0.435 e. The van der Waals surface area contributed by atoms with Crippen molar-refractivity contribution in [3.05, 3.63) is 81.3 Å². The topological polar surface area (TPSA) is 49.9 Å². The summed E-state index contributed by atoms with van der Waals surface area (Å²) in [6, 6.07) is 16.8. The fourth-order valence-corrected chi connectivity index (χ4v) is 2.07. The molecule has 4 nitrogen and oxygen atoms in total. The predicted molar refractivity (Wildman–Crippen MR) is 81.2 cm³/mol. The monoisotopic (exact) mass is 299 g/mol. The molecule has 2 aromatic carbocycles. The molecule has 0 aliphatic heterocycles. The van der Waals surface area contributed by atoms with Gasteiger partial charge in [-0.25, -0.2) is 4.79 Å². The van der Waals surface area contributed by atoms with Crippen molar-refractivity contribution < 1.29 is 9.20 Å². The average molecular weight is 300 g/mol. The van der Waals surface area contributed by atoms with Crippen LogP contribution in [0, 0.1) is 0 Å². The van der Waals surface area contributed by atoms with Crippen LogP contribution in [0.3, 0.4) is 0 Å². The van der Waals surface area contributed by atoms with Crippen molar-refractivity contribution >= 4 is 23.8 Å². The van der Waals surface area contributed by atoms with E-state index < -0.39 is 5.63 Å². The van der Waals surface area contributed by atoms with Crippen LogP contribution in [0.15, 0.2) is 63.9 Å². The first-order valence-electron chi connectivity index (χ1n) is 6.36. The number of aromatic nitrogens is 2. The van der Waals surface area contributed by atoms with Gasteiger partial charge in [0.05, 0.1) is 0 Å². The lowest BCUT2D eigenvalue weighted by Crippen LogP contribution is -2.36. The van der Waals surface area contributed by atoms with Gasteiger partial charge in [-0.15, -0.1) is 0 Å². The number of benzene rings is 2. The van der Waals surface area contributed by atoms with Crippen molar-refractivity contribution in [2.75, 3.05) is 0 Å². The normalized spacial score (nSPS) is 11.1. The Kier molecular flexibility index (Phi) is 3.71. The molecule has 0 amide bonds. The van der Waals surface area contributed by atoms with Gasteiger partial charge in [-0.1, -0.05) is 41.9 Å². The van der Waals surface area contributed by atoms with Crippen molar-refractivity contribution in [2.45, 2.75) is 0 Å². The summed E-state index contributed by atoms with van der Waals surface area (Å²) < 4.78 is 6.43. The Labute approximate surface area is 125 Å². The number of nitrogens with one attached hydrogen (secondary N) is 1. The maximum atomic E-state index is 11.8. The summed E-state index contributed by atoms with van der Waals surface area (Å²) in [6.45, 7) is 0. The third kappa shape index (κ3) is 2.95. The van der Waals surface area contributed by atoms with E-state index in [1.54, 1.807) is 35.0 Å². The molecule has 0 spiro atoms. The molecule has 0 saturated carbocycles. The van der Waals surface area contributed by atoms with Gasteiger partial charge in [0.15, 0.2) is 0 Å². The molecule has 0 aliphatic rings. The van der Waals surface area contributed by atoms with E-state index in [4.69, 9.17) is 16.1 Å². The van der Waals surface area contributed by atoms with Crippen molar-refractivity contribution in [2.24, 2.45) is 0 Å². The second-order valence-corrected chi connectivity index (χ2v) is 4.86. The number of hydrogen-bond acceptors (Lipinski definition) is 2. The van der Waals surface area contributed by atoms with E-state index in [1.165, 1.54) is 0 Å². The first-order valence-corrected chi connectivity index (χ1v) is 6.74. The second kappa shape index (κ2) is 5.81. The van der Waals surface area contributed by atoms with Crippen LogP contribution in [0.25, 0.3) is 17.8 Å². The van der Waals surface area contributed by atoms with Crippen molar-refractivity contribution in [1.29, 1.82) is 0 Å². The molecule has 5 heteroatoms. The molecule has 0 fully saturated rings. The van der Waals surface area contributed by atoms with Gasteiger partial charge in [0, 0.05) is 23.2 Å². The van der Waals surface area contributed by atoms with Crippen LogP contribution in [0.1, 0.15) is 11.3 Å². The lowest BCUT2D eigenvalue weighted by atomic mass is 10.2. The van der Waals surface area contributed by atoms with Crippen LogP contribution < -0.4 is 10.3 Å². The summed E-state index contributed by atoms with van der Waals surface area (Å²) in [6.07, 6.45) is 3.57. The number of H-pyrrole nitrogens is 1. The molecule has 1 aromatic heterocycles. The van der Waals surface area contributed by atoms with Gasteiger partial charge in [-0.3, -0.25) is 4.52 Å². The molecule has 0 unspecified atom stereocenters. The number of nitrogens with zero attached hydrogens (tertiary/aromatic N) is 1. The van der Waals surface area contributed by atoms with Gasteiger partial charge in [0.2, 0.25) is 5.69 Å². The minimum absolute atomic E-state index is 0.404. The van der Waals surface area contributed by atoms with Gasteiger partial charge in [0.1, 0.15) is 0 Å². The smallest absolute Gasteiger partial charge is 0.282 e. The molecule has 0 bridgehead atoms. The lowest BCUT2D eigenvalue weighted by molar-refractivity contribution is -0.672. The Morgan fingerprint density at radius 3 is 2.43 bits per heavy atom. The molecule has 21 heavy (non-hydrogen) atoms. The summed E-state index contributed by atoms with van der Waals surface area (Å²) >= 11 is 5.87. The highest BCUT2D eigenvalue weighted by atomic mass is 35.5. The minimum atomic E-state index is -0.433. The number of aromatic amines is 1. The summed E-state index contributed by atoms with van der Waals surface area (Å²) in [5.41, 5.74) is 1.73. The van der Waals surface area contributed by atoms with E-state index in [2.05, 4.69) is 5.27 Å². The van der Waals surface area contributed by atoms with Crippen LogP contribution in [-0.4, -0.2) is 5.27 Å². The van der Waals surface area contributed by atoms with Gasteiger partial charge in [0.25, 0.3) is 0 Å². The Hall–Kier alpha value is -2.59. The molecule has 1 heterocycles. The molecule has 0 atom stereocenters. The minimum Gasteiger partial charge on any atom is -0.282 e. The summed E-state index contributed by atoms with van der Waals surface area (Å²) in [5.74, 6) is 0. The quantitative estimate of drug-likeness (QED) is 0.756. The maximum Gasteiger partial charge on any atom is 0.435 e. The summed E-state index contributed by atoms with van der Waals surface area (Å²) in [4.78, 5) is 11.8. The van der Waals surface area contributed by atoms with E-state index in [9.17, 15) is 4.79 Å². The first-order chi connectivity index (χ1) is 10.2. The van der Waals surface area contributed by atoms with Crippen LogP contribution in [0.2, 0.25) is 5.02 Å². The molecular formula is C16H12ClN2O2+. The SMILES string of the molecule is O=c1o[nH][n+](-c2ccc(Cl)cc2)c1/C=C/c1ccccc1. The Morgan fingerprint density at radius 2 is 1.71 bits per heavy atom. The van der Waals surface area contributed by atoms with Crippen molar-refractivity contribution in [3.8, 4) is 5.69 Å². The molecule has 3 aromatic rings. The second-order valence-electron chi connectivity index (χ2n) is 4.42. The summed E-state index contributed by atoms with van der Waals surface area (Å²) in [5, 5.41) is 3.21. The van der Waals surface area contributed by atoms with E-state index in [1.807, 2.05) is 36.4 Å². The highest BCUT2D eigenvalue weighted by molar-refractivity contribution is 6.30. The molecular weight excluding hydrogens is 288 g/mol. The highest BCUT2D eigenvalue weighted by Gasteiger charge is 2.20. The molecule has 3 rings (SSSR count). The van der Waals surface area contributed by atoms with Crippen LogP contribution in [-0.2, 0) is 0 Å². The standard InChI is InChI=1S/C16H11ClN2O2/c17-13-7-9-14(10-8-13)19-15(16(20)21-18-19)11-6-12-4-2-1-3-5-12/h1-11H/p+1/b11-6+. The van der Waals surface area contributed by atoms with Gasteiger partial charge >= 0.3 is 11.3 Å². The fraction of sp³-hybridized carbons (Fsp3) is 0.